The number of H-pyrrole nitrogens is 2. The van der Waals surface area contributed by atoms with E-state index in [2.05, 4.69) is 21.4 Å². The molecule has 0 spiro atoms. The van der Waals surface area contributed by atoms with Gasteiger partial charge in [0.25, 0.3) is 0 Å². The zero-order valence-electron chi connectivity index (χ0n) is 20.0. The topological polar surface area (TPSA) is 144 Å². The maximum absolute atomic E-state index is 11.5. The van der Waals surface area contributed by atoms with Gasteiger partial charge >= 0.3 is 11.9 Å². The zero-order valence-corrected chi connectivity index (χ0v) is 20.0. The number of hydrogen-bond donors (Lipinski definition) is 6. The van der Waals surface area contributed by atoms with Crippen molar-refractivity contribution in [1.82, 2.24) is 15.3 Å². The van der Waals surface area contributed by atoms with Crippen LogP contribution in [0.15, 0.2) is 85.1 Å². The molecule has 2 aromatic heterocycles. The Bertz CT molecular complexity index is 1560. The van der Waals surface area contributed by atoms with E-state index in [0.29, 0.717) is 12.8 Å². The highest BCUT2D eigenvalue weighted by molar-refractivity contribution is 5.87. The molecule has 3 atom stereocenters. The summed E-state index contributed by atoms with van der Waals surface area (Å²) in [6.07, 6.45) is 2.66. The van der Waals surface area contributed by atoms with Crippen molar-refractivity contribution in [3.63, 3.8) is 0 Å². The fourth-order valence-electron chi connectivity index (χ4n) is 4.93. The van der Waals surface area contributed by atoms with Crippen LogP contribution < -0.4 is 11.1 Å². The van der Waals surface area contributed by atoms with Gasteiger partial charge in [-0.25, -0.2) is 0 Å². The quantitative estimate of drug-likeness (QED) is 0.217. The molecule has 5 aromatic rings. The molecule has 6 rings (SSSR count). The van der Waals surface area contributed by atoms with E-state index in [1.165, 1.54) is 0 Å². The highest BCUT2D eigenvalue weighted by atomic mass is 16.4. The molecular formula is C29H28N4O4. The number of aliphatic carboxylic acids is 2. The predicted molar refractivity (Wildman–Crippen MR) is 142 cm³/mol. The van der Waals surface area contributed by atoms with Crippen molar-refractivity contribution in [3.8, 4) is 0 Å². The van der Waals surface area contributed by atoms with Crippen molar-refractivity contribution >= 4 is 33.7 Å². The van der Waals surface area contributed by atoms with Gasteiger partial charge in [0.05, 0.1) is 6.04 Å². The number of carboxylic acid groups (broad SMARTS) is 2. The molecular weight excluding hydrogens is 468 g/mol. The summed E-state index contributed by atoms with van der Waals surface area (Å²) in [5.41, 5.74) is 11.7. The molecule has 0 aliphatic carbocycles. The monoisotopic (exact) mass is 496 g/mol. The number of nitrogens with two attached hydrogens (primary N) is 1. The number of hydrogen-bond acceptors (Lipinski definition) is 4. The average Bonchev–Trinajstić information content (AvgIpc) is 3.50. The average molecular weight is 497 g/mol. The molecule has 1 aliphatic rings. The first-order chi connectivity index (χ1) is 17.9. The van der Waals surface area contributed by atoms with E-state index in [-0.39, 0.29) is 6.04 Å². The minimum atomic E-state index is -0.972. The summed E-state index contributed by atoms with van der Waals surface area (Å²) in [7, 11) is 0. The first kappa shape index (κ1) is 24.3. The van der Waals surface area contributed by atoms with Gasteiger partial charge in [-0.2, -0.15) is 0 Å². The number of benzene rings is 3. The fourth-order valence-corrected chi connectivity index (χ4v) is 4.93. The van der Waals surface area contributed by atoms with Crippen LogP contribution in [0.5, 0.6) is 0 Å². The second-order valence-electron chi connectivity index (χ2n) is 9.18. The van der Waals surface area contributed by atoms with Crippen LogP contribution in [0.1, 0.15) is 28.4 Å². The van der Waals surface area contributed by atoms with Crippen molar-refractivity contribution in [3.05, 3.63) is 107 Å². The summed E-state index contributed by atoms with van der Waals surface area (Å²) >= 11 is 0. The van der Waals surface area contributed by atoms with Crippen molar-refractivity contribution in [2.45, 2.75) is 31.0 Å². The maximum atomic E-state index is 11.5. The fraction of sp³-hybridized carbons (Fsp3) is 0.172. The minimum absolute atomic E-state index is 0.126. The zero-order chi connectivity index (χ0) is 25.9. The van der Waals surface area contributed by atoms with Gasteiger partial charge < -0.3 is 25.9 Å². The number of carboxylic acids is 2. The van der Waals surface area contributed by atoms with E-state index in [1.807, 2.05) is 79.0 Å². The lowest BCUT2D eigenvalue weighted by Gasteiger charge is -2.29. The lowest BCUT2D eigenvalue weighted by molar-refractivity contribution is -0.140. The molecule has 0 saturated carbocycles. The Balaban J connectivity index is 0.000000164. The van der Waals surface area contributed by atoms with Gasteiger partial charge in [0, 0.05) is 46.5 Å². The van der Waals surface area contributed by atoms with Crippen LogP contribution in [0.2, 0.25) is 0 Å². The normalized spacial score (nSPS) is 17.5. The van der Waals surface area contributed by atoms with Gasteiger partial charge in [0.2, 0.25) is 0 Å². The molecule has 0 bridgehead atoms. The van der Waals surface area contributed by atoms with Gasteiger partial charge in [-0.1, -0.05) is 66.7 Å². The number of carbonyl (C=O) groups is 2. The second kappa shape index (κ2) is 10.3. The largest absolute Gasteiger partial charge is 0.480 e. The SMILES string of the molecule is N[C@@H](Cc1c[nH]c2ccccc12)C(=O)O.O=C(O)[C@@H]1Cc2c([nH]c3ccccc23)[C@H](c2ccccc2)N1. The third-order valence-electron chi connectivity index (χ3n) is 6.77. The second-order valence-corrected chi connectivity index (χ2v) is 9.18. The molecule has 8 nitrogen and oxygen atoms in total. The molecule has 0 fully saturated rings. The number of rotatable bonds is 5. The molecule has 0 amide bonds. The van der Waals surface area contributed by atoms with Crippen LogP contribution in [-0.2, 0) is 22.4 Å². The number of fused-ring (bicyclic) bond motifs is 4. The molecule has 1 aliphatic heterocycles. The van der Waals surface area contributed by atoms with Gasteiger partial charge in [-0.15, -0.1) is 0 Å². The summed E-state index contributed by atoms with van der Waals surface area (Å²) in [6, 6.07) is 24.2. The summed E-state index contributed by atoms with van der Waals surface area (Å²) in [6.45, 7) is 0. The molecule has 37 heavy (non-hydrogen) atoms. The maximum Gasteiger partial charge on any atom is 0.321 e. The van der Waals surface area contributed by atoms with Crippen LogP contribution in [0.25, 0.3) is 21.8 Å². The highest BCUT2D eigenvalue weighted by Gasteiger charge is 2.33. The van der Waals surface area contributed by atoms with Crippen LogP contribution in [0.4, 0.5) is 0 Å². The van der Waals surface area contributed by atoms with Crippen LogP contribution in [-0.4, -0.2) is 44.2 Å². The number of para-hydroxylation sites is 2. The molecule has 3 heterocycles. The first-order valence-corrected chi connectivity index (χ1v) is 12.1. The van der Waals surface area contributed by atoms with Gasteiger partial charge in [0.15, 0.2) is 0 Å². The van der Waals surface area contributed by atoms with Crippen LogP contribution in [0.3, 0.4) is 0 Å². The van der Waals surface area contributed by atoms with E-state index in [9.17, 15) is 14.7 Å². The Morgan fingerprint density at radius 1 is 0.892 bits per heavy atom. The Hall–Kier alpha value is -4.40. The molecule has 0 radical (unpaired) electrons. The van der Waals surface area contributed by atoms with Crippen molar-refractivity contribution in [2.24, 2.45) is 5.73 Å². The molecule has 7 N–H and O–H groups in total. The highest BCUT2D eigenvalue weighted by Crippen LogP contribution is 2.35. The van der Waals surface area contributed by atoms with Crippen molar-refractivity contribution in [1.29, 1.82) is 0 Å². The van der Waals surface area contributed by atoms with E-state index in [1.54, 1.807) is 0 Å². The Kier molecular flexibility index (Phi) is 6.76. The predicted octanol–water partition coefficient (Wildman–Crippen LogP) is 3.98. The van der Waals surface area contributed by atoms with Crippen LogP contribution >= 0.6 is 0 Å². The summed E-state index contributed by atoms with van der Waals surface area (Å²) in [5.74, 6) is -1.78. The Labute approximate surface area is 213 Å². The Morgan fingerprint density at radius 3 is 2.24 bits per heavy atom. The lowest BCUT2D eigenvalue weighted by atomic mass is 9.90. The standard InChI is InChI=1S/C18H16N2O2.C11H12N2O2/c21-18(22)15-10-13-12-8-4-5-9-14(12)19-17(13)16(20-15)11-6-2-1-3-7-11;12-9(11(14)15)5-7-6-13-10-4-2-1-3-8(7)10/h1-9,15-16,19-20H,10H2,(H,21,22);1-4,6,9,13H,5,12H2,(H,14,15)/t15-,16-;9-/m00/s1. The number of aromatic amines is 2. The molecule has 188 valence electrons. The van der Waals surface area contributed by atoms with Crippen LogP contribution in [0, 0.1) is 0 Å². The van der Waals surface area contributed by atoms with Gasteiger partial charge in [-0.3, -0.25) is 14.9 Å². The van der Waals surface area contributed by atoms with Gasteiger partial charge in [-0.05, 0) is 28.8 Å². The number of aromatic nitrogens is 2. The molecule has 0 saturated heterocycles. The summed E-state index contributed by atoms with van der Waals surface area (Å²) in [5, 5.41) is 23.6. The first-order valence-electron chi connectivity index (χ1n) is 12.1. The lowest BCUT2D eigenvalue weighted by Crippen LogP contribution is -2.44. The van der Waals surface area contributed by atoms with E-state index < -0.39 is 24.0 Å². The molecule has 3 aromatic carbocycles. The smallest absolute Gasteiger partial charge is 0.321 e. The van der Waals surface area contributed by atoms with Gasteiger partial charge in [0.1, 0.15) is 12.1 Å². The number of nitrogens with one attached hydrogen (secondary N) is 3. The molecule has 0 unspecified atom stereocenters. The van der Waals surface area contributed by atoms with Crippen molar-refractivity contribution < 1.29 is 19.8 Å². The Morgan fingerprint density at radius 2 is 1.54 bits per heavy atom. The van der Waals surface area contributed by atoms with Crippen molar-refractivity contribution in [2.75, 3.05) is 0 Å². The summed E-state index contributed by atoms with van der Waals surface area (Å²) < 4.78 is 0. The van der Waals surface area contributed by atoms with E-state index >= 15 is 0 Å². The molecule has 8 heteroatoms. The van der Waals surface area contributed by atoms with E-state index in [0.717, 1.165) is 44.2 Å². The van der Waals surface area contributed by atoms with E-state index in [4.69, 9.17) is 10.8 Å². The third kappa shape index (κ3) is 4.97. The summed E-state index contributed by atoms with van der Waals surface area (Å²) in [4.78, 5) is 28.7. The minimum Gasteiger partial charge on any atom is -0.480 e. The third-order valence-corrected chi connectivity index (χ3v) is 6.77.